The lowest BCUT2D eigenvalue weighted by Gasteiger charge is -2.40. The SMILES string of the molecule is CC(C)(C)c1ccc(N(c2ccc(C(C)(C)C)cc2)c2ccc3c(c2)C2(c4ccccc4Oc4ccccc42)c2cc(N(c4ccc(C(C)(C)C)cc4)c4ccc(C(C)(C)C)cc4)c4oc5ccccc5c4c2-3)cc1. The van der Waals surface area contributed by atoms with Crippen LogP contribution in [-0.2, 0) is 27.1 Å². The van der Waals surface area contributed by atoms with Gasteiger partial charge in [0.05, 0.1) is 11.1 Å². The molecule has 4 heteroatoms. The minimum atomic E-state index is -0.816. The van der Waals surface area contributed by atoms with Crippen molar-refractivity contribution in [2.75, 3.05) is 9.80 Å². The molecule has 0 saturated heterocycles. The normalized spacial score (nSPS) is 13.8. The highest BCUT2D eigenvalue weighted by Crippen LogP contribution is 2.66. The Bertz CT molecular complexity index is 3650. The van der Waals surface area contributed by atoms with Crippen molar-refractivity contribution >= 4 is 56.1 Å². The van der Waals surface area contributed by atoms with Crippen LogP contribution in [0.5, 0.6) is 11.5 Å². The summed E-state index contributed by atoms with van der Waals surface area (Å²) in [6.45, 7) is 27.3. The molecule has 0 bridgehead atoms. The Morgan fingerprint density at radius 3 is 1.21 bits per heavy atom. The summed E-state index contributed by atoms with van der Waals surface area (Å²) in [6.07, 6.45) is 0. The molecule has 0 unspecified atom stereocenters. The third-order valence-electron chi connectivity index (χ3n) is 16.0. The molecule has 4 nitrogen and oxygen atoms in total. The van der Waals surface area contributed by atoms with Gasteiger partial charge in [-0.25, -0.2) is 0 Å². The quantitative estimate of drug-likeness (QED) is 0.166. The second-order valence-electron chi connectivity index (χ2n) is 25.1. The Labute approximate surface area is 444 Å². The molecule has 1 aliphatic heterocycles. The van der Waals surface area contributed by atoms with Gasteiger partial charge < -0.3 is 19.0 Å². The van der Waals surface area contributed by atoms with E-state index in [0.29, 0.717) is 0 Å². The number of fused-ring (bicyclic) bond motifs is 13. The topological polar surface area (TPSA) is 28.9 Å². The van der Waals surface area contributed by atoms with E-state index >= 15 is 0 Å². The highest BCUT2D eigenvalue weighted by atomic mass is 16.5. The van der Waals surface area contributed by atoms with Gasteiger partial charge >= 0.3 is 0 Å². The van der Waals surface area contributed by atoms with Crippen molar-refractivity contribution in [1.29, 1.82) is 0 Å². The van der Waals surface area contributed by atoms with Crippen molar-refractivity contribution in [2.45, 2.75) is 110 Å². The number of para-hydroxylation sites is 3. The lowest BCUT2D eigenvalue weighted by molar-refractivity contribution is 0.436. The van der Waals surface area contributed by atoms with Crippen LogP contribution < -0.4 is 14.5 Å². The molecular weight excluding hydrogens is 913 g/mol. The summed E-state index contributed by atoms with van der Waals surface area (Å²) in [5, 5.41) is 2.18. The van der Waals surface area contributed by atoms with Crippen molar-refractivity contribution in [3.8, 4) is 22.6 Å². The Hall–Kier alpha value is -7.82. The van der Waals surface area contributed by atoms with Gasteiger partial charge in [0.1, 0.15) is 17.1 Å². The number of ether oxygens (including phenoxy) is 1. The maximum Gasteiger partial charge on any atom is 0.160 e. The molecule has 9 aromatic carbocycles. The van der Waals surface area contributed by atoms with Gasteiger partial charge in [-0.05, 0) is 151 Å². The fourth-order valence-electron chi connectivity index (χ4n) is 11.9. The van der Waals surface area contributed by atoms with Crippen LogP contribution in [0.25, 0.3) is 33.1 Å². The van der Waals surface area contributed by atoms with Crippen molar-refractivity contribution in [3.05, 3.63) is 239 Å². The van der Waals surface area contributed by atoms with Crippen molar-refractivity contribution in [3.63, 3.8) is 0 Å². The van der Waals surface area contributed by atoms with E-state index < -0.39 is 5.41 Å². The number of anilines is 6. The van der Waals surface area contributed by atoms with Crippen LogP contribution >= 0.6 is 0 Å². The molecule has 374 valence electrons. The first kappa shape index (κ1) is 48.1. The largest absolute Gasteiger partial charge is 0.457 e. The first-order valence-corrected chi connectivity index (χ1v) is 26.7. The average molecular weight is 981 g/mol. The van der Waals surface area contributed by atoms with E-state index in [1.165, 1.54) is 44.5 Å². The lowest BCUT2D eigenvalue weighted by atomic mass is 9.66. The molecule has 2 heterocycles. The van der Waals surface area contributed by atoms with Crippen LogP contribution in [0.3, 0.4) is 0 Å². The molecule has 0 atom stereocenters. The summed E-state index contributed by atoms with van der Waals surface area (Å²) in [4.78, 5) is 4.86. The number of hydrogen-bond acceptors (Lipinski definition) is 4. The Kier molecular flexibility index (Phi) is 11.0. The molecule has 75 heavy (non-hydrogen) atoms. The van der Waals surface area contributed by atoms with Crippen LogP contribution in [0, 0.1) is 0 Å². The molecule has 0 amide bonds. The van der Waals surface area contributed by atoms with Gasteiger partial charge in [-0.1, -0.05) is 192 Å². The summed E-state index contributed by atoms with van der Waals surface area (Å²) >= 11 is 0. The van der Waals surface area contributed by atoms with Crippen LogP contribution in [0.4, 0.5) is 34.1 Å². The van der Waals surface area contributed by atoms with E-state index in [1.54, 1.807) is 0 Å². The van der Waals surface area contributed by atoms with Gasteiger partial charge in [0.15, 0.2) is 5.58 Å². The van der Waals surface area contributed by atoms with E-state index in [4.69, 9.17) is 9.15 Å². The standard InChI is InChI=1S/C71H68N2O2/c1-67(2,3)45-25-33-49(34-26-45)72(50-35-27-46(28-36-50)68(4,5)6)53-41-42-54-58(43-53)71(56-20-14-17-23-62(56)74-63-24-18-15-21-57(63)71)59-44-60(66-65(64(54)59)55-19-13-16-22-61(55)75-66)73(51-37-29-47(30-38-51)69(7,8)9)52-39-31-48(32-40-52)70(10,11)12/h13-44H,1-12H3. The van der Waals surface area contributed by atoms with Crippen molar-refractivity contribution in [2.24, 2.45) is 0 Å². The van der Waals surface area contributed by atoms with E-state index in [2.05, 4.69) is 287 Å². The average Bonchev–Trinajstić information content (AvgIpc) is 4.10. The molecule has 0 saturated carbocycles. The monoisotopic (exact) mass is 981 g/mol. The van der Waals surface area contributed by atoms with Crippen LogP contribution in [-0.4, -0.2) is 0 Å². The van der Waals surface area contributed by atoms with E-state index in [9.17, 15) is 0 Å². The molecule has 1 aliphatic carbocycles. The molecule has 0 fully saturated rings. The van der Waals surface area contributed by atoms with Gasteiger partial charge in [0.25, 0.3) is 0 Å². The molecule has 1 spiro atoms. The number of furan rings is 1. The second-order valence-corrected chi connectivity index (χ2v) is 25.1. The summed E-state index contributed by atoms with van der Waals surface area (Å²) in [6, 6.07) is 72.3. The number of benzene rings is 9. The first-order valence-electron chi connectivity index (χ1n) is 26.7. The zero-order valence-electron chi connectivity index (χ0n) is 45.7. The fraction of sp³-hybridized carbons (Fsp3) is 0.239. The third-order valence-corrected chi connectivity index (χ3v) is 16.0. The fourth-order valence-corrected chi connectivity index (χ4v) is 11.9. The predicted octanol–water partition coefficient (Wildman–Crippen LogP) is 20.2. The second kappa shape index (κ2) is 17.1. The Balaban J connectivity index is 1.19. The highest BCUT2D eigenvalue weighted by Gasteiger charge is 2.53. The molecule has 12 rings (SSSR count). The van der Waals surface area contributed by atoms with Crippen molar-refractivity contribution < 1.29 is 9.15 Å². The molecule has 0 N–H and O–H groups in total. The summed E-state index contributed by atoms with van der Waals surface area (Å²) < 4.78 is 14.3. The minimum Gasteiger partial charge on any atom is -0.457 e. The Morgan fingerprint density at radius 1 is 0.360 bits per heavy atom. The lowest BCUT2D eigenvalue weighted by Crippen LogP contribution is -2.32. The Morgan fingerprint density at radius 2 is 0.760 bits per heavy atom. The number of rotatable bonds is 6. The maximum absolute atomic E-state index is 7.29. The smallest absolute Gasteiger partial charge is 0.160 e. The van der Waals surface area contributed by atoms with Crippen LogP contribution in [0.1, 0.15) is 128 Å². The third kappa shape index (κ3) is 7.86. The molecular formula is C71H68N2O2. The molecule has 0 radical (unpaired) electrons. The molecule has 1 aromatic heterocycles. The summed E-state index contributed by atoms with van der Waals surface area (Å²) in [5.41, 5.74) is 19.3. The van der Waals surface area contributed by atoms with E-state index in [0.717, 1.165) is 78.7 Å². The van der Waals surface area contributed by atoms with Crippen LogP contribution in [0.15, 0.2) is 199 Å². The highest BCUT2D eigenvalue weighted by molar-refractivity contribution is 6.20. The molecule has 10 aromatic rings. The maximum atomic E-state index is 7.29. The van der Waals surface area contributed by atoms with Crippen LogP contribution in [0.2, 0.25) is 0 Å². The zero-order valence-corrected chi connectivity index (χ0v) is 45.7. The van der Waals surface area contributed by atoms with Gasteiger partial charge in [-0.15, -0.1) is 0 Å². The predicted molar refractivity (Wildman–Crippen MR) is 315 cm³/mol. The van der Waals surface area contributed by atoms with Crippen molar-refractivity contribution in [1.82, 2.24) is 0 Å². The van der Waals surface area contributed by atoms with E-state index in [-0.39, 0.29) is 21.7 Å². The number of nitrogens with zero attached hydrogens (tertiary/aromatic N) is 2. The minimum absolute atomic E-state index is 0.00998. The summed E-state index contributed by atoms with van der Waals surface area (Å²) in [7, 11) is 0. The van der Waals surface area contributed by atoms with Gasteiger partial charge in [0.2, 0.25) is 0 Å². The van der Waals surface area contributed by atoms with Gasteiger partial charge in [-0.2, -0.15) is 0 Å². The summed E-state index contributed by atoms with van der Waals surface area (Å²) in [5.74, 6) is 1.69. The number of hydrogen-bond donors (Lipinski definition) is 0. The van der Waals surface area contributed by atoms with Gasteiger partial charge in [-0.3, -0.25) is 0 Å². The van der Waals surface area contributed by atoms with Gasteiger partial charge in [0, 0.05) is 50.3 Å². The van der Waals surface area contributed by atoms with E-state index in [1.807, 2.05) is 0 Å². The zero-order chi connectivity index (χ0) is 52.4. The molecule has 2 aliphatic rings. The first-order chi connectivity index (χ1) is 35.7.